The summed E-state index contributed by atoms with van der Waals surface area (Å²) in [7, 11) is 0. The minimum atomic E-state index is -1.38. The lowest BCUT2D eigenvalue weighted by Crippen LogP contribution is -2.38. The number of nitrogens with zero attached hydrogens (tertiary/aromatic N) is 2. The van der Waals surface area contributed by atoms with Crippen molar-refractivity contribution >= 4 is 34.2 Å². The van der Waals surface area contributed by atoms with Gasteiger partial charge in [0.1, 0.15) is 0 Å². The van der Waals surface area contributed by atoms with Crippen molar-refractivity contribution in [3.63, 3.8) is 0 Å². The van der Waals surface area contributed by atoms with Gasteiger partial charge >= 0.3 is 0 Å². The highest BCUT2D eigenvalue weighted by Crippen LogP contribution is 2.43. The molecule has 0 aromatic heterocycles. The molecule has 0 bridgehead atoms. The van der Waals surface area contributed by atoms with E-state index >= 15 is 0 Å². The van der Waals surface area contributed by atoms with Gasteiger partial charge in [0.25, 0.3) is 5.91 Å². The van der Waals surface area contributed by atoms with Gasteiger partial charge in [0.15, 0.2) is 5.41 Å². The summed E-state index contributed by atoms with van der Waals surface area (Å²) in [6.07, 6.45) is 0. The third-order valence-corrected chi connectivity index (χ3v) is 3.70. The summed E-state index contributed by atoms with van der Waals surface area (Å²) in [5.74, 6) is -1.10. The Labute approximate surface area is 112 Å². The molecule has 0 radical (unpaired) electrons. The van der Waals surface area contributed by atoms with Gasteiger partial charge in [0.2, 0.25) is 0 Å². The van der Waals surface area contributed by atoms with Gasteiger partial charge in [-0.25, -0.2) is 0 Å². The summed E-state index contributed by atoms with van der Waals surface area (Å²) in [5, 5.41) is 21.0. The molecule has 1 aromatic rings. The molecular weight excluding hydrogens is 329 g/mol. The first kappa shape index (κ1) is 11.9. The number of hydrogen-bond donors (Lipinski definition) is 1. The number of benzene rings is 1. The average molecular weight is 337 g/mol. The minimum Gasteiger partial charge on any atom is -0.324 e. The SMILES string of the molecule is CC(C#N)C1(C#N)C(=O)Nc2ccc(I)cc21. The number of carbonyl (C=O) groups excluding carboxylic acids is 1. The Hall–Kier alpha value is -1.60. The second kappa shape index (κ2) is 4.01. The quantitative estimate of drug-likeness (QED) is 0.798. The Bertz CT molecular complexity index is 584. The topological polar surface area (TPSA) is 76.7 Å². The summed E-state index contributed by atoms with van der Waals surface area (Å²) in [4.78, 5) is 12.0. The van der Waals surface area contributed by atoms with Crippen LogP contribution in [-0.2, 0) is 10.2 Å². The van der Waals surface area contributed by atoms with E-state index in [0.717, 1.165) is 3.57 Å². The second-order valence-electron chi connectivity index (χ2n) is 3.91. The predicted molar refractivity (Wildman–Crippen MR) is 69.9 cm³/mol. The third-order valence-electron chi connectivity index (χ3n) is 3.03. The van der Waals surface area contributed by atoms with Crippen LogP contribution >= 0.6 is 22.6 Å². The Morgan fingerprint density at radius 3 is 2.76 bits per heavy atom. The van der Waals surface area contributed by atoms with Crippen molar-refractivity contribution in [2.75, 3.05) is 5.32 Å². The van der Waals surface area contributed by atoms with E-state index in [1.54, 1.807) is 19.1 Å². The van der Waals surface area contributed by atoms with Gasteiger partial charge in [0, 0.05) is 14.8 Å². The fourth-order valence-electron chi connectivity index (χ4n) is 2.03. The number of hydrogen-bond acceptors (Lipinski definition) is 3. The average Bonchev–Trinajstić information content (AvgIpc) is 2.60. The third kappa shape index (κ3) is 1.50. The fourth-order valence-corrected chi connectivity index (χ4v) is 2.52. The molecule has 0 saturated carbocycles. The molecule has 0 aliphatic carbocycles. The molecule has 84 valence electrons. The Morgan fingerprint density at radius 2 is 2.18 bits per heavy atom. The zero-order chi connectivity index (χ0) is 12.6. The van der Waals surface area contributed by atoms with Crippen LogP contribution in [0.3, 0.4) is 0 Å². The molecule has 1 heterocycles. The van der Waals surface area contributed by atoms with Crippen LogP contribution in [0.5, 0.6) is 0 Å². The lowest BCUT2D eigenvalue weighted by molar-refractivity contribution is -0.119. The molecular formula is C12H8IN3O. The Balaban J connectivity index is 2.73. The van der Waals surface area contributed by atoms with E-state index < -0.39 is 17.2 Å². The summed E-state index contributed by atoms with van der Waals surface area (Å²) >= 11 is 2.12. The zero-order valence-electron chi connectivity index (χ0n) is 8.99. The molecule has 1 aliphatic rings. The lowest BCUT2D eigenvalue weighted by Gasteiger charge is -2.21. The molecule has 1 amide bonds. The molecule has 0 fully saturated rings. The van der Waals surface area contributed by atoms with E-state index in [0.29, 0.717) is 11.3 Å². The van der Waals surface area contributed by atoms with Crippen molar-refractivity contribution in [3.05, 3.63) is 27.3 Å². The van der Waals surface area contributed by atoms with Crippen LogP contribution in [0.2, 0.25) is 0 Å². The number of nitriles is 2. The van der Waals surface area contributed by atoms with Gasteiger partial charge in [-0.2, -0.15) is 10.5 Å². The van der Waals surface area contributed by atoms with Crippen LogP contribution in [0.1, 0.15) is 12.5 Å². The van der Waals surface area contributed by atoms with Crippen LogP contribution in [0.25, 0.3) is 0 Å². The normalized spacial score (nSPS) is 23.2. The van der Waals surface area contributed by atoms with Crippen LogP contribution in [0.15, 0.2) is 18.2 Å². The van der Waals surface area contributed by atoms with E-state index in [4.69, 9.17) is 5.26 Å². The van der Waals surface area contributed by atoms with Crippen LogP contribution in [0.4, 0.5) is 5.69 Å². The van der Waals surface area contributed by atoms with E-state index in [2.05, 4.69) is 27.9 Å². The van der Waals surface area contributed by atoms with Gasteiger partial charge < -0.3 is 5.32 Å². The van der Waals surface area contributed by atoms with Crippen LogP contribution < -0.4 is 5.32 Å². The van der Waals surface area contributed by atoms with Crippen LogP contribution in [0, 0.1) is 32.2 Å². The van der Waals surface area contributed by atoms with Crippen molar-refractivity contribution in [1.29, 1.82) is 10.5 Å². The van der Waals surface area contributed by atoms with Gasteiger partial charge in [-0.3, -0.25) is 4.79 Å². The first-order valence-electron chi connectivity index (χ1n) is 4.98. The molecule has 2 atom stereocenters. The summed E-state index contributed by atoms with van der Waals surface area (Å²) < 4.78 is 0.933. The number of amides is 1. The number of rotatable bonds is 1. The summed E-state index contributed by atoms with van der Waals surface area (Å²) in [5.41, 5.74) is -0.157. The van der Waals surface area contributed by atoms with Crippen LogP contribution in [-0.4, -0.2) is 5.91 Å². The van der Waals surface area contributed by atoms with E-state index in [-0.39, 0.29) is 0 Å². The maximum Gasteiger partial charge on any atom is 0.250 e. The maximum atomic E-state index is 12.0. The van der Waals surface area contributed by atoms with Crippen molar-refractivity contribution in [2.24, 2.45) is 5.92 Å². The molecule has 4 nitrogen and oxygen atoms in total. The number of carbonyl (C=O) groups is 1. The monoisotopic (exact) mass is 337 g/mol. The van der Waals surface area contributed by atoms with E-state index in [1.807, 2.05) is 18.2 Å². The van der Waals surface area contributed by atoms with Gasteiger partial charge in [-0.15, -0.1) is 0 Å². The molecule has 1 aliphatic heterocycles. The van der Waals surface area contributed by atoms with Crippen molar-refractivity contribution in [3.8, 4) is 12.1 Å². The van der Waals surface area contributed by atoms with Crippen molar-refractivity contribution < 1.29 is 4.79 Å². The first-order valence-corrected chi connectivity index (χ1v) is 6.06. The molecule has 0 saturated heterocycles. The second-order valence-corrected chi connectivity index (χ2v) is 5.16. The van der Waals surface area contributed by atoms with E-state index in [9.17, 15) is 10.1 Å². The van der Waals surface area contributed by atoms with Crippen molar-refractivity contribution in [1.82, 2.24) is 0 Å². The van der Waals surface area contributed by atoms with E-state index in [1.165, 1.54) is 0 Å². The molecule has 1 aromatic carbocycles. The largest absolute Gasteiger partial charge is 0.324 e. The predicted octanol–water partition coefficient (Wildman–Crippen LogP) is 2.16. The summed E-state index contributed by atoms with van der Waals surface area (Å²) in [6.45, 7) is 1.60. The Morgan fingerprint density at radius 1 is 1.47 bits per heavy atom. The van der Waals surface area contributed by atoms with Gasteiger partial charge in [0.05, 0.1) is 18.1 Å². The molecule has 17 heavy (non-hydrogen) atoms. The smallest absolute Gasteiger partial charge is 0.250 e. The number of anilines is 1. The Kier molecular flexibility index (Phi) is 2.80. The van der Waals surface area contributed by atoms with Gasteiger partial charge in [-0.1, -0.05) is 0 Å². The molecule has 1 N–H and O–H groups in total. The zero-order valence-corrected chi connectivity index (χ0v) is 11.1. The minimum absolute atomic E-state index is 0.411. The lowest BCUT2D eigenvalue weighted by atomic mass is 9.73. The number of fused-ring (bicyclic) bond motifs is 1. The molecule has 0 spiro atoms. The number of nitrogens with one attached hydrogen (secondary N) is 1. The molecule has 2 rings (SSSR count). The maximum absolute atomic E-state index is 12.0. The van der Waals surface area contributed by atoms with Gasteiger partial charge in [-0.05, 0) is 47.7 Å². The standard InChI is InChI=1S/C12H8IN3O/c1-7(5-14)12(6-15)9-4-8(13)2-3-10(9)16-11(12)17/h2-4,7H,1H3,(H,16,17). The molecule has 2 unspecified atom stereocenters. The molecule has 5 heteroatoms. The first-order chi connectivity index (χ1) is 8.06. The highest BCUT2D eigenvalue weighted by molar-refractivity contribution is 14.1. The number of halogens is 1. The van der Waals surface area contributed by atoms with Crippen molar-refractivity contribution in [2.45, 2.75) is 12.3 Å². The summed E-state index contributed by atoms with van der Waals surface area (Å²) in [6, 6.07) is 9.42. The highest BCUT2D eigenvalue weighted by Gasteiger charge is 2.52. The highest BCUT2D eigenvalue weighted by atomic mass is 127. The fraction of sp³-hybridized carbons (Fsp3) is 0.250.